The van der Waals surface area contributed by atoms with Gasteiger partial charge in [-0.05, 0) is 42.9 Å². The minimum atomic E-state index is -0.119. The quantitative estimate of drug-likeness (QED) is 0.878. The van der Waals surface area contributed by atoms with Crippen LogP contribution >= 0.6 is 11.6 Å². The van der Waals surface area contributed by atoms with E-state index in [0.717, 1.165) is 44.6 Å². The molecule has 1 aromatic carbocycles. The Balaban J connectivity index is 1.59. The highest BCUT2D eigenvalue weighted by Gasteiger charge is 2.13. The molecule has 0 radical (unpaired) electrons. The first-order valence-electron chi connectivity index (χ1n) is 7.08. The summed E-state index contributed by atoms with van der Waals surface area (Å²) in [4.78, 5) is 11.7. The molecular formula is C15H21ClN2O2. The van der Waals surface area contributed by atoms with Crippen LogP contribution in [-0.4, -0.2) is 25.8 Å². The summed E-state index contributed by atoms with van der Waals surface area (Å²) < 4.78 is 5.31. The van der Waals surface area contributed by atoms with E-state index in [1.54, 1.807) is 0 Å². The third kappa shape index (κ3) is 5.39. The maximum Gasteiger partial charge on any atom is 0.315 e. The van der Waals surface area contributed by atoms with E-state index in [-0.39, 0.29) is 6.03 Å². The molecule has 2 N–H and O–H groups in total. The Kier molecular flexibility index (Phi) is 6.15. The lowest BCUT2D eigenvalue weighted by Crippen LogP contribution is -2.36. The number of benzene rings is 1. The summed E-state index contributed by atoms with van der Waals surface area (Å²) in [5, 5.41) is 6.44. The zero-order chi connectivity index (χ0) is 14.2. The molecule has 0 aliphatic carbocycles. The second-order valence-electron chi connectivity index (χ2n) is 5.08. The highest BCUT2D eigenvalue weighted by molar-refractivity contribution is 6.30. The van der Waals surface area contributed by atoms with E-state index in [9.17, 15) is 4.79 Å². The third-order valence-electron chi connectivity index (χ3n) is 3.55. The smallest absolute Gasteiger partial charge is 0.315 e. The lowest BCUT2D eigenvalue weighted by Gasteiger charge is -2.21. The number of carbonyl (C=O) groups is 1. The van der Waals surface area contributed by atoms with Crippen molar-refractivity contribution in [3.63, 3.8) is 0 Å². The van der Waals surface area contributed by atoms with Crippen LogP contribution in [0.3, 0.4) is 0 Å². The lowest BCUT2D eigenvalue weighted by molar-refractivity contribution is 0.0642. The molecule has 0 bridgehead atoms. The Morgan fingerprint density at radius 1 is 1.20 bits per heavy atom. The van der Waals surface area contributed by atoms with Gasteiger partial charge in [0.15, 0.2) is 0 Å². The Hall–Kier alpha value is -1.26. The van der Waals surface area contributed by atoms with Gasteiger partial charge >= 0.3 is 6.03 Å². The minimum Gasteiger partial charge on any atom is -0.381 e. The van der Waals surface area contributed by atoms with Crippen molar-refractivity contribution in [3.05, 3.63) is 34.9 Å². The van der Waals surface area contributed by atoms with E-state index in [4.69, 9.17) is 16.3 Å². The predicted octanol–water partition coefficient (Wildman–Crippen LogP) is 2.96. The van der Waals surface area contributed by atoms with Gasteiger partial charge in [-0.1, -0.05) is 23.7 Å². The number of carbonyl (C=O) groups excluding carboxylic acids is 1. The van der Waals surface area contributed by atoms with Crippen LogP contribution in [-0.2, 0) is 11.3 Å². The largest absolute Gasteiger partial charge is 0.381 e. The maximum absolute atomic E-state index is 11.7. The van der Waals surface area contributed by atoms with Crippen LogP contribution in [0.5, 0.6) is 0 Å². The molecular weight excluding hydrogens is 276 g/mol. The second kappa shape index (κ2) is 8.12. The van der Waals surface area contributed by atoms with E-state index >= 15 is 0 Å². The van der Waals surface area contributed by atoms with Gasteiger partial charge in [0.2, 0.25) is 0 Å². The van der Waals surface area contributed by atoms with Crippen molar-refractivity contribution in [2.24, 2.45) is 5.92 Å². The monoisotopic (exact) mass is 296 g/mol. The van der Waals surface area contributed by atoms with Crippen LogP contribution < -0.4 is 10.6 Å². The molecule has 0 saturated carbocycles. The van der Waals surface area contributed by atoms with E-state index in [2.05, 4.69) is 10.6 Å². The molecule has 2 rings (SSSR count). The molecule has 0 unspecified atom stereocenters. The van der Waals surface area contributed by atoms with Gasteiger partial charge in [0.1, 0.15) is 0 Å². The number of hydrogen-bond donors (Lipinski definition) is 2. The first kappa shape index (κ1) is 15.1. The van der Waals surface area contributed by atoms with Gasteiger partial charge in [0, 0.05) is 31.3 Å². The first-order chi connectivity index (χ1) is 9.74. The standard InChI is InChI=1S/C15H21ClN2O2/c16-14-3-1-13(2-4-14)11-18-15(19)17-8-5-12-6-9-20-10-7-12/h1-4,12H,5-11H2,(H2,17,18,19). The number of urea groups is 1. The van der Waals surface area contributed by atoms with Crippen LogP contribution in [0.2, 0.25) is 5.02 Å². The summed E-state index contributed by atoms with van der Waals surface area (Å²) in [6, 6.07) is 7.34. The van der Waals surface area contributed by atoms with Crippen molar-refractivity contribution in [1.82, 2.24) is 10.6 Å². The van der Waals surface area contributed by atoms with Crippen molar-refractivity contribution in [1.29, 1.82) is 0 Å². The van der Waals surface area contributed by atoms with E-state index in [1.165, 1.54) is 0 Å². The Bertz CT molecular complexity index is 416. The highest BCUT2D eigenvalue weighted by Crippen LogP contribution is 2.17. The fraction of sp³-hybridized carbons (Fsp3) is 0.533. The van der Waals surface area contributed by atoms with Gasteiger partial charge in [-0.2, -0.15) is 0 Å². The summed E-state index contributed by atoms with van der Waals surface area (Å²) in [5.74, 6) is 0.681. The minimum absolute atomic E-state index is 0.119. The Morgan fingerprint density at radius 3 is 2.60 bits per heavy atom. The Labute approximate surface area is 124 Å². The highest BCUT2D eigenvalue weighted by atomic mass is 35.5. The van der Waals surface area contributed by atoms with E-state index in [1.807, 2.05) is 24.3 Å². The molecule has 4 nitrogen and oxygen atoms in total. The lowest BCUT2D eigenvalue weighted by atomic mass is 9.97. The van der Waals surface area contributed by atoms with Gasteiger partial charge in [-0.15, -0.1) is 0 Å². The van der Waals surface area contributed by atoms with Crippen molar-refractivity contribution >= 4 is 17.6 Å². The number of rotatable bonds is 5. The molecule has 0 spiro atoms. The second-order valence-corrected chi connectivity index (χ2v) is 5.52. The van der Waals surface area contributed by atoms with Gasteiger partial charge in [-0.3, -0.25) is 0 Å². The molecule has 1 heterocycles. The fourth-order valence-electron chi connectivity index (χ4n) is 2.27. The van der Waals surface area contributed by atoms with E-state index < -0.39 is 0 Å². The fourth-order valence-corrected chi connectivity index (χ4v) is 2.40. The molecule has 1 aliphatic rings. The normalized spacial score (nSPS) is 15.8. The number of amides is 2. The van der Waals surface area contributed by atoms with Crippen molar-refractivity contribution < 1.29 is 9.53 Å². The Morgan fingerprint density at radius 2 is 1.90 bits per heavy atom. The zero-order valence-electron chi connectivity index (χ0n) is 11.5. The van der Waals surface area contributed by atoms with Gasteiger partial charge in [0.25, 0.3) is 0 Å². The molecule has 0 atom stereocenters. The summed E-state index contributed by atoms with van der Waals surface area (Å²) in [7, 11) is 0. The summed E-state index contributed by atoms with van der Waals surface area (Å²) in [6.07, 6.45) is 3.24. The SMILES string of the molecule is O=C(NCCC1CCOCC1)NCc1ccc(Cl)cc1. The average Bonchev–Trinajstić information content (AvgIpc) is 2.48. The predicted molar refractivity (Wildman–Crippen MR) is 79.9 cm³/mol. The van der Waals surface area contributed by atoms with Crippen LogP contribution in [0.1, 0.15) is 24.8 Å². The van der Waals surface area contributed by atoms with Crippen LogP contribution in [0.4, 0.5) is 4.79 Å². The van der Waals surface area contributed by atoms with Crippen LogP contribution in [0.25, 0.3) is 0 Å². The van der Waals surface area contributed by atoms with Crippen LogP contribution in [0.15, 0.2) is 24.3 Å². The molecule has 110 valence electrons. The maximum atomic E-state index is 11.7. The number of hydrogen-bond acceptors (Lipinski definition) is 2. The zero-order valence-corrected chi connectivity index (χ0v) is 12.3. The van der Waals surface area contributed by atoms with Crippen LogP contribution in [0, 0.1) is 5.92 Å². The number of ether oxygens (including phenoxy) is 1. The number of nitrogens with one attached hydrogen (secondary N) is 2. The van der Waals surface area contributed by atoms with E-state index in [0.29, 0.717) is 17.5 Å². The van der Waals surface area contributed by atoms with Crippen molar-refractivity contribution in [2.45, 2.75) is 25.8 Å². The molecule has 0 aromatic heterocycles. The van der Waals surface area contributed by atoms with Crippen molar-refractivity contribution in [3.8, 4) is 0 Å². The number of halogens is 1. The van der Waals surface area contributed by atoms with Gasteiger partial charge < -0.3 is 15.4 Å². The van der Waals surface area contributed by atoms with Gasteiger partial charge in [-0.25, -0.2) is 4.79 Å². The third-order valence-corrected chi connectivity index (χ3v) is 3.80. The molecule has 1 aromatic rings. The summed E-state index contributed by atoms with van der Waals surface area (Å²) >= 11 is 5.81. The molecule has 1 fully saturated rings. The average molecular weight is 297 g/mol. The molecule has 2 amide bonds. The summed E-state index contributed by atoms with van der Waals surface area (Å²) in [5.41, 5.74) is 1.04. The van der Waals surface area contributed by atoms with Crippen molar-refractivity contribution in [2.75, 3.05) is 19.8 Å². The molecule has 5 heteroatoms. The summed E-state index contributed by atoms with van der Waals surface area (Å²) in [6.45, 7) is 2.94. The molecule has 20 heavy (non-hydrogen) atoms. The van der Waals surface area contributed by atoms with Gasteiger partial charge in [0.05, 0.1) is 0 Å². The first-order valence-corrected chi connectivity index (χ1v) is 7.46. The topological polar surface area (TPSA) is 50.4 Å². The molecule has 1 saturated heterocycles. The molecule has 1 aliphatic heterocycles.